The first kappa shape index (κ1) is 22.5. The van der Waals surface area contributed by atoms with Crippen LogP contribution < -0.4 is 5.32 Å². The Labute approximate surface area is 212 Å². The maximum atomic E-state index is 12.2. The van der Waals surface area contributed by atoms with Crippen LogP contribution >= 0.6 is 0 Å². The van der Waals surface area contributed by atoms with Crippen molar-refractivity contribution >= 4 is 33.7 Å². The van der Waals surface area contributed by atoms with Crippen molar-refractivity contribution in [3.8, 4) is 34.0 Å². The first-order valence-corrected chi connectivity index (χ1v) is 12.1. The van der Waals surface area contributed by atoms with E-state index in [0.717, 1.165) is 33.4 Å². The zero-order valence-corrected chi connectivity index (χ0v) is 20.4. The minimum Gasteiger partial charge on any atom is -0.336 e. The van der Waals surface area contributed by atoms with E-state index in [1.54, 1.807) is 18.6 Å². The normalized spacial score (nSPS) is 11.4. The Morgan fingerprint density at radius 1 is 0.946 bits per heavy atom. The zero-order valence-electron chi connectivity index (χ0n) is 20.4. The number of rotatable bonds is 6. The fourth-order valence-electron chi connectivity index (χ4n) is 4.33. The number of amides is 1. The first-order chi connectivity index (χ1) is 18.0. The van der Waals surface area contributed by atoms with Gasteiger partial charge in [-0.05, 0) is 42.3 Å². The molecule has 0 radical (unpaired) electrons. The van der Waals surface area contributed by atoms with Gasteiger partial charge in [0.1, 0.15) is 5.52 Å². The summed E-state index contributed by atoms with van der Waals surface area (Å²) in [4.78, 5) is 34.2. The number of carbonyl (C=O) groups excluding carboxylic acids is 1. The van der Waals surface area contributed by atoms with E-state index in [9.17, 15) is 4.79 Å². The zero-order chi connectivity index (χ0) is 25.4. The summed E-state index contributed by atoms with van der Waals surface area (Å²) in [6.45, 7) is 4.02. The van der Waals surface area contributed by atoms with E-state index in [2.05, 4.69) is 30.5 Å². The predicted molar refractivity (Wildman–Crippen MR) is 144 cm³/mol. The van der Waals surface area contributed by atoms with Crippen LogP contribution in [0.2, 0.25) is 0 Å². The molecule has 0 unspecified atom stereocenters. The highest BCUT2D eigenvalue weighted by atomic mass is 16.1. The number of nitrogens with one attached hydrogen (secondary N) is 3. The Morgan fingerprint density at radius 2 is 1.86 bits per heavy atom. The molecule has 5 heterocycles. The van der Waals surface area contributed by atoms with Crippen LogP contribution in [0.3, 0.4) is 0 Å². The van der Waals surface area contributed by atoms with E-state index in [1.807, 2.05) is 68.4 Å². The molecule has 1 amide bonds. The van der Waals surface area contributed by atoms with Crippen molar-refractivity contribution in [2.75, 3.05) is 5.32 Å². The molecule has 0 saturated carbocycles. The summed E-state index contributed by atoms with van der Waals surface area (Å²) in [5.41, 5.74) is 7.74. The third-order valence-electron chi connectivity index (χ3n) is 6.00. The molecular weight excluding hydrogens is 464 g/mol. The molecule has 1 aromatic carbocycles. The number of hydrogen-bond acceptors (Lipinski definition) is 6. The maximum Gasteiger partial charge on any atom is 0.224 e. The predicted octanol–water partition coefficient (Wildman–Crippen LogP) is 5.61. The number of aromatic nitrogens is 7. The smallest absolute Gasteiger partial charge is 0.224 e. The molecule has 0 spiro atoms. The van der Waals surface area contributed by atoms with E-state index in [4.69, 9.17) is 9.97 Å². The van der Waals surface area contributed by atoms with Gasteiger partial charge in [0.05, 0.1) is 39.8 Å². The third kappa shape index (κ3) is 4.42. The molecule has 0 aliphatic heterocycles. The molecule has 3 N–H and O–H groups in total. The first-order valence-electron chi connectivity index (χ1n) is 12.1. The number of benzene rings is 1. The highest BCUT2D eigenvalue weighted by Gasteiger charge is 2.17. The van der Waals surface area contributed by atoms with Gasteiger partial charge in [-0.15, -0.1) is 0 Å². The number of carbonyl (C=O) groups is 1. The number of H-pyrrole nitrogens is 2. The number of hydrogen-bond donors (Lipinski definition) is 3. The largest absolute Gasteiger partial charge is 0.336 e. The number of para-hydroxylation sites is 1. The van der Waals surface area contributed by atoms with Gasteiger partial charge in [-0.1, -0.05) is 32.0 Å². The van der Waals surface area contributed by atoms with E-state index in [0.29, 0.717) is 34.8 Å². The van der Waals surface area contributed by atoms with Crippen molar-refractivity contribution in [1.29, 1.82) is 0 Å². The van der Waals surface area contributed by atoms with Gasteiger partial charge in [-0.2, -0.15) is 5.10 Å². The molecule has 0 bridgehead atoms. The van der Waals surface area contributed by atoms with Gasteiger partial charge in [0.15, 0.2) is 11.5 Å². The maximum absolute atomic E-state index is 12.2. The summed E-state index contributed by atoms with van der Waals surface area (Å²) in [7, 11) is 0. The molecular formula is C28H24N8O. The van der Waals surface area contributed by atoms with Crippen molar-refractivity contribution in [2.24, 2.45) is 5.92 Å². The van der Waals surface area contributed by atoms with Crippen molar-refractivity contribution in [1.82, 2.24) is 35.1 Å². The summed E-state index contributed by atoms with van der Waals surface area (Å²) in [5.74, 6) is 0.851. The number of fused-ring (bicyclic) bond motifs is 2. The van der Waals surface area contributed by atoms with Crippen molar-refractivity contribution in [3.63, 3.8) is 0 Å². The molecule has 6 aromatic rings. The second-order valence-electron chi connectivity index (χ2n) is 9.28. The quantitative estimate of drug-likeness (QED) is 0.280. The summed E-state index contributed by atoms with van der Waals surface area (Å²) in [5, 5.41) is 10.5. The Morgan fingerprint density at radius 3 is 2.70 bits per heavy atom. The van der Waals surface area contributed by atoms with E-state index in [-0.39, 0.29) is 11.8 Å². The molecule has 0 aliphatic carbocycles. The number of aromatic amines is 2. The van der Waals surface area contributed by atoms with Gasteiger partial charge in [-0.25, -0.2) is 9.97 Å². The Kier molecular flexibility index (Phi) is 5.65. The van der Waals surface area contributed by atoms with Crippen LogP contribution in [0.5, 0.6) is 0 Å². The molecule has 0 aliphatic rings. The van der Waals surface area contributed by atoms with Crippen molar-refractivity contribution in [3.05, 3.63) is 73.2 Å². The number of imidazole rings is 1. The molecule has 0 saturated heterocycles. The molecule has 5 aromatic heterocycles. The van der Waals surface area contributed by atoms with Crippen LogP contribution in [-0.2, 0) is 4.79 Å². The summed E-state index contributed by atoms with van der Waals surface area (Å²) in [6, 6.07) is 17.5. The van der Waals surface area contributed by atoms with Gasteiger partial charge in [0.25, 0.3) is 0 Å². The highest BCUT2D eigenvalue weighted by molar-refractivity contribution is 5.96. The lowest BCUT2D eigenvalue weighted by atomic mass is 10.1. The Balaban J connectivity index is 1.38. The molecule has 37 heavy (non-hydrogen) atoms. The van der Waals surface area contributed by atoms with Crippen molar-refractivity contribution in [2.45, 2.75) is 20.3 Å². The van der Waals surface area contributed by atoms with Gasteiger partial charge in [0, 0.05) is 29.9 Å². The second kappa shape index (κ2) is 9.27. The van der Waals surface area contributed by atoms with E-state index < -0.39 is 0 Å². The van der Waals surface area contributed by atoms with Crippen LogP contribution in [0, 0.1) is 5.92 Å². The lowest BCUT2D eigenvalue weighted by molar-refractivity contribution is -0.116. The van der Waals surface area contributed by atoms with Crippen LogP contribution in [-0.4, -0.2) is 41.0 Å². The second-order valence-corrected chi connectivity index (χ2v) is 9.28. The minimum atomic E-state index is -0.0376. The lowest BCUT2D eigenvalue weighted by Gasteiger charge is -2.08. The average Bonchev–Trinajstić information content (AvgIpc) is 3.52. The molecule has 9 nitrogen and oxygen atoms in total. The summed E-state index contributed by atoms with van der Waals surface area (Å²) < 4.78 is 0. The molecule has 6 rings (SSSR count). The van der Waals surface area contributed by atoms with Crippen LogP contribution in [0.15, 0.2) is 73.2 Å². The van der Waals surface area contributed by atoms with Crippen molar-refractivity contribution < 1.29 is 4.79 Å². The van der Waals surface area contributed by atoms with E-state index in [1.165, 1.54) is 0 Å². The highest BCUT2D eigenvalue weighted by Crippen LogP contribution is 2.31. The topological polar surface area (TPSA) is 125 Å². The van der Waals surface area contributed by atoms with Crippen LogP contribution in [0.4, 0.5) is 5.69 Å². The van der Waals surface area contributed by atoms with Crippen LogP contribution in [0.1, 0.15) is 20.3 Å². The Hall–Kier alpha value is -4.92. The average molecular weight is 489 g/mol. The molecule has 0 atom stereocenters. The SMILES string of the molecule is CC(C)CC(=O)Nc1cncc(-c2ccc3[nH]nc(-c4nc5c(-c6ccccn6)cccc5[nH]4)c3n2)c1. The number of nitrogens with zero attached hydrogens (tertiary/aromatic N) is 5. The molecule has 9 heteroatoms. The minimum absolute atomic E-state index is 0.0376. The molecule has 182 valence electrons. The monoisotopic (exact) mass is 488 g/mol. The van der Waals surface area contributed by atoms with Gasteiger partial charge >= 0.3 is 0 Å². The van der Waals surface area contributed by atoms with Gasteiger partial charge < -0.3 is 10.3 Å². The standard InChI is InChI=1S/C28H24N8O/c1-16(2)12-24(37)31-18-13-17(14-29-15-18)20-9-10-23-26(32-20)27(36-35-23)28-33-22-8-5-6-19(25(22)34-28)21-7-3-4-11-30-21/h3-11,13-16H,12H2,1-2H3,(H,31,37)(H,33,34)(H,35,36). The van der Waals surface area contributed by atoms with Crippen LogP contribution in [0.25, 0.3) is 56.1 Å². The van der Waals surface area contributed by atoms with E-state index >= 15 is 0 Å². The molecule has 0 fully saturated rings. The lowest BCUT2D eigenvalue weighted by Crippen LogP contribution is -2.14. The number of pyridine rings is 3. The number of anilines is 1. The summed E-state index contributed by atoms with van der Waals surface area (Å²) in [6.07, 6.45) is 5.59. The fourth-order valence-corrected chi connectivity index (χ4v) is 4.33. The Bertz CT molecular complexity index is 1740. The van der Waals surface area contributed by atoms with Gasteiger partial charge in [-0.3, -0.25) is 19.9 Å². The van der Waals surface area contributed by atoms with Gasteiger partial charge in [0.2, 0.25) is 5.91 Å². The third-order valence-corrected chi connectivity index (χ3v) is 6.00. The fraction of sp³-hybridized carbons (Fsp3) is 0.143. The summed E-state index contributed by atoms with van der Waals surface area (Å²) >= 11 is 0.